The Labute approximate surface area is 534 Å². The maximum atomic E-state index is 0. The number of hydrogen-bond donors (Lipinski definition) is 0. The molecule has 0 saturated heterocycles. The molecule has 0 bridgehead atoms. The smallest absolute Gasteiger partial charge is 1.00 e. The Hall–Kier alpha value is 10.5. The number of rotatable bonds is 0. The van der Waals surface area contributed by atoms with E-state index in [1.807, 2.05) is 0 Å². The van der Waals surface area contributed by atoms with Crippen LogP contribution >= 0.6 is 0 Å². The predicted molar refractivity (Wildman–Crippen MR) is 155 cm³/mol. The molecule has 0 N–H and O–H groups in total. The zero-order chi connectivity index (χ0) is 0. The van der Waals surface area contributed by atoms with Crippen molar-refractivity contribution in [3.63, 3.8) is 0 Å². The van der Waals surface area contributed by atoms with Gasteiger partial charge in [0.25, 0.3) is 0 Å². The molecular formula is H50Ca10F30. The van der Waals surface area contributed by atoms with Crippen molar-refractivity contribution in [2.45, 2.75) is 0 Å². The van der Waals surface area contributed by atoms with Crippen molar-refractivity contribution in [1.82, 2.24) is 0 Å². The zero-order valence-electron chi connectivity index (χ0n) is 39.3. The van der Waals surface area contributed by atoms with Gasteiger partial charge < -0.3 is 28.5 Å². The van der Waals surface area contributed by atoms with Gasteiger partial charge in [-0.05, 0) is 0 Å². The molecule has 0 aliphatic carbocycles. The van der Waals surface area contributed by atoms with E-state index in [0.717, 1.165) is 0 Å². The van der Waals surface area contributed by atoms with Crippen LogP contribution in [0.4, 0.5) is 141 Å². The largest absolute Gasteiger partial charge is 2.00 e. The second kappa shape index (κ2) is 1060. The van der Waals surface area contributed by atoms with Crippen LogP contribution in [0.15, 0.2) is 0 Å². The molecule has 0 saturated carbocycles. The molecule has 0 heterocycles. The molecule has 0 aliphatic rings. The maximum absolute atomic E-state index is 0. The van der Waals surface area contributed by atoms with E-state index in [-0.39, 0.29) is 547 Å². The first kappa shape index (κ1) is 1120. The Morgan fingerprint density at radius 1 is 0.0750 bits per heavy atom. The molecule has 0 unspecified atom stereocenters. The molecule has 0 aromatic carbocycles. The summed E-state index contributed by atoms with van der Waals surface area (Å²) in [6, 6.07) is 0. The van der Waals surface area contributed by atoms with Crippen molar-refractivity contribution < 1.29 is 170 Å². The molecule has 280 valence electrons. The third-order valence-electron chi connectivity index (χ3n) is 0. The number of halogens is 30. The first-order valence-corrected chi connectivity index (χ1v) is 0. The van der Waals surface area contributed by atoms with E-state index in [1.165, 1.54) is 0 Å². The minimum absolute atomic E-state index is 0. The summed E-state index contributed by atoms with van der Waals surface area (Å²) in [7, 11) is 0. The molecule has 0 atom stereocenters. The molecule has 40 heavy (non-hydrogen) atoms. The summed E-state index contributed by atoms with van der Waals surface area (Å²) in [6.07, 6.45) is 0. The monoisotopic (exact) mass is 1020 g/mol. The summed E-state index contributed by atoms with van der Waals surface area (Å²) in [4.78, 5) is 0. The molecule has 0 aliphatic heterocycles. The quantitative estimate of drug-likeness (QED) is 0.259. The number of hydrogen-bond acceptors (Lipinski definition) is 0. The van der Waals surface area contributed by atoms with Crippen molar-refractivity contribution in [3.8, 4) is 0 Å². The van der Waals surface area contributed by atoms with Crippen molar-refractivity contribution in [3.05, 3.63) is 0 Å². The van der Waals surface area contributed by atoms with E-state index in [2.05, 4.69) is 0 Å². The van der Waals surface area contributed by atoms with Gasteiger partial charge in [0.15, 0.2) is 0 Å². The van der Waals surface area contributed by atoms with E-state index in [4.69, 9.17) is 0 Å². The molecule has 0 radical (unpaired) electrons. The van der Waals surface area contributed by atoms with Gasteiger partial charge in [-0.3, -0.25) is 141 Å². The third-order valence-corrected chi connectivity index (χ3v) is 0. The van der Waals surface area contributed by atoms with Gasteiger partial charge in [-0.15, -0.1) is 0 Å². The van der Waals surface area contributed by atoms with Crippen LogP contribution < -0.4 is 0 Å². The molecule has 0 aromatic rings. The van der Waals surface area contributed by atoms with E-state index in [1.54, 1.807) is 0 Å². The van der Waals surface area contributed by atoms with Crippen LogP contribution in [0.1, 0.15) is 28.5 Å². The molecule has 0 nitrogen and oxygen atoms in total. The Bertz CT molecular complexity index is 87.5. The first-order valence-electron chi connectivity index (χ1n) is 0. The standard InChI is InChI=1S/10Ca.30FH.20H/h;;;;;;;;;;30*1H;;;;;;;;;;;;;;;;;;;;/q10*+2;;;;;;;;;;;;;;;;;;;;;;;;;;;;;;;20*-1. The topological polar surface area (TPSA) is 0 Å². The Kier molecular flexibility index (Phi) is 29700. The SMILES string of the molecule is F.F.F.F.F.F.F.F.F.F.F.F.F.F.F.F.F.F.F.F.F.F.F.F.F.F.F.F.F.F.[Ca+2].[Ca+2].[Ca+2].[Ca+2].[Ca+2].[Ca+2].[Ca+2].[Ca+2].[Ca+2].[Ca+2].[H-].[H-].[H-].[H-].[H-].[H-].[H-].[H-].[H-].[H-].[H-].[H-].[H-].[H-].[H-].[H-].[H-].[H-].[H-].[H-]. The summed E-state index contributed by atoms with van der Waals surface area (Å²) >= 11 is 0. The van der Waals surface area contributed by atoms with Crippen LogP contribution in [0.5, 0.6) is 0 Å². The van der Waals surface area contributed by atoms with Crippen molar-refractivity contribution in [2.24, 2.45) is 0 Å². The van der Waals surface area contributed by atoms with E-state index < -0.39 is 0 Å². The fraction of sp³-hybridized carbons (Fsp3) is 0. The molecule has 0 amide bonds. The minimum atomic E-state index is 0. The van der Waals surface area contributed by atoms with Crippen LogP contribution in [0.3, 0.4) is 0 Å². The van der Waals surface area contributed by atoms with Crippen LogP contribution in [0.2, 0.25) is 0 Å². The van der Waals surface area contributed by atoms with Crippen LogP contribution in [-0.2, 0) is 0 Å². The van der Waals surface area contributed by atoms with Gasteiger partial charge in [0, 0.05) is 0 Å². The van der Waals surface area contributed by atoms with Gasteiger partial charge in [-0.2, -0.15) is 0 Å². The molecule has 40 heteroatoms. The Morgan fingerprint density at radius 3 is 0.0750 bits per heavy atom. The predicted octanol–water partition coefficient (Wildman–Crippen LogP) is 3.02. The van der Waals surface area contributed by atoms with Crippen molar-refractivity contribution in [2.75, 3.05) is 0 Å². The fourth-order valence-electron chi connectivity index (χ4n) is 0. The van der Waals surface area contributed by atoms with Gasteiger partial charge in [0.2, 0.25) is 0 Å². The minimum Gasteiger partial charge on any atom is -1.00 e. The second-order valence-corrected chi connectivity index (χ2v) is 0. The van der Waals surface area contributed by atoms with Gasteiger partial charge in [-0.25, -0.2) is 0 Å². The second-order valence-electron chi connectivity index (χ2n) is 0. The normalized spacial score (nSPS) is 0. The van der Waals surface area contributed by atoms with Crippen LogP contribution in [-0.4, -0.2) is 377 Å². The van der Waals surface area contributed by atoms with Gasteiger partial charge in [0.1, 0.15) is 0 Å². The zero-order valence-corrected chi connectivity index (χ0v) is 41.4. The molecule has 0 fully saturated rings. The van der Waals surface area contributed by atoms with Crippen LogP contribution in [0.25, 0.3) is 0 Å². The average molecular weight is 1020 g/mol. The Balaban J connectivity index is 0. The fourth-order valence-corrected chi connectivity index (χ4v) is 0. The summed E-state index contributed by atoms with van der Waals surface area (Å²) in [5.41, 5.74) is 0. The van der Waals surface area contributed by atoms with Gasteiger partial charge in [-0.1, -0.05) is 0 Å². The molecular weight excluding hydrogens is 971 g/mol. The summed E-state index contributed by atoms with van der Waals surface area (Å²) < 4.78 is 0. The summed E-state index contributed by atoms with van der Waals surface area (Å²) in [6.45, 7) is 0. The van der Waals surface area contributed by atoms with E-state index >= 15 is 0 Å². The van der Waals surface area contributed by atoms with Gasteiger partial charge >= 0.3 is 377 Å². The Morgan fingerprint density at radius 2 is 0.0750 bits per heavy atom. The van der Waals surface area contributed by atoms with E-state index in [9.17, 15) is 0 Å². The van der Waals surface area contributed by atoms with E-state index in [0.29, 0.717) is 0 Å². The molecule has 0 aromatic heterocycles. The summed E-state index contributed by atoms with van der Waals surface area (Å²) in [5, 5.41) is 0. The van der Waals surface area contributed by atoms with Crippen molar-refractivity contribution in [1.29, 1.82) is 0 Å². The van der Waals surface area contributed by atoms with Crippen molar-refractivity contribution >= 4 is 377 Å². The third kappa shape index (κ3) is 993. The maximum Gasteiger partial charge on any atom is 2.00 e. The average Bonchev–Trinajstić information content (AvgIpc) is 0. The molecule has 0 spiro atoms. The van der Waals surface area contributed by atoms with Gasteiger partial charge in [0.05, 0.1) is 0 Å². The first-order chi connectivity index (χ1) is 0. The molecule has 0 rings (SSSR count). The van der Waals surface area contributed by atoms with Crippen LogP contribution in [0, 0.1) is 0 Å². The summed E-state index contributed by atoms with van der Waals surface area (Å²) in [5.74, 6) is 0.